The van der Waals surface area contributed by atoms with Crippen LogP contribution in [0.5, 0.6) is 0 Å². The Kier molecular flexibility index (Phi) is 6.72. The third-order valence-corrected chi connectivity index (χ3v) is 6.81. The predicted octanol–water partition coefficient (Wildman–Crippen LogP) is 1.85. The molecule has 0 spiro atoms. The largest absolute Gasteiger partial charge is 0.483 e. The minimum absolute atomic E-state index is 0.0574. The summed E-state index contributed by atoms with van der Waals surface area (Å²) in [5.41, 5.74) is 2.54. The van der Waals surface area contributed by atoms with Crippen LogP contribution in [0.4, 0.5) is 5.69 Å². The molecule has 1 aromatic carbocycles. The Balaban J connectivity index is 0.000000730. The molecule has 3 aliphatic heterocycles. The number of hydrogen-bond acceptors (Lipinski definition) is 6. The Bertz CT molecular complexity index is 896. The van der Waals surface area contributed by atoms with Gasteiger partial charge < -0.3 is 25.0 Å². The van der Waals surface area contributed by atoms with Gasteiger partial charge in [0.1, 0.15) is 0 Å². The highest BCUT2D eigenvalue weighted by Crippen LogP contribution is 2.33. The number of ether oxygens (including phenoxy) is 1. The number of nitrogens with zero attached hydrogens (tertiary/aromatic N) is 3. The van der Waals surface area contributed by atoms with Gasteiger partial charge in [0.05, 0.1) is 18.7 Å². The molecular formula is C22H31N5O4. The van der Waals surface area contributed by atoms with Crippen LogP contribution in [0.1, 0.15) is 42.6 Å². The molecule has 1 aromatic heterocycles. The van der Waals surface area contributed by atoms with Crippen molar-refractivity contribution in [2.24, 2.45) is 0 Å². The zero-order valence-electron chi connectivity index (χ0n) is 17.9. The van der Waals surface area contributed by atoms with Gasteiger partial charge in [-0.3, -0.25) is 14.7 Å². The average molecular weight is 430 g/mol. The Labute approximate surface area is 181 Å². The number of fused-ring (bicyclic) bond motifs is 3. The van der Waals surface area contributed by atoms with Crippen LogP contribution >= 0.6 is 0 Å². The van der Waals surface area contributed by atoms with Crippen molar-refractivity contribution in [2.75, 3.05) is 38.3 Å². The summed E-state index contributed by atoms with van der Waals surface area (Å²) in [4.78, 5) is 26.2. The monoisotopic (exact) mass is 429 g/mol. The number of aromatic amines is 1. The van der Waals surface area contributed by atoms with Crippen molar-refractivity contribution in [1.29, 1.82) is 0 Å². The highest BCUT2D eigenvalue weighted by molar-refractivity contribution is 6.05. The van der Waals surface area contributed by atoms with Crippen LogP contribution in [0.15, 0.2) is 18.2 Å². The summed E-state index contributed by atoms with van der Waals surface area (Å²) in [6.07, 6.45) is 5.89. The third-order valence-electron chi connectivity index (χ3n) is 6.81. The highest BCUT2D eigenvalue weighted by Gasteiger charge is 2.36. The van der Waals surface area contributed by atoms with E-state index in [-0.39, 0.29) is 18.4 Å². The number of nitrogens with one attached hydrogen (secondary N) is 2. The van der Waals surface area contributed by atoms with Crippen LogP contribution in [-0.2, 0) is 9.53 Å². The van der Waals surface area contributed by atoms with Crippen molar-refractivity contribution in [3.63, 3.8) is 0 Å². The second-order valence-corrected chi connectivity index (χ2v) is 8.55. The zero-order chi connectivity index (χ0) is 21.8. The summed E-state index contributed by atoms with van der Waals surface area (Å²) < 4.78 is 5.45. The maximum atomic E-state index is 13.0. The third kappa shape index (κ3) is 4.67. The first kappa shape index (κ1) is 21.6. The van der Waals surface area contributed by atoms with Gasteiger partial charge in [-0.25, -0.2) is 0 Å². The van der Waals surface area contributed by atoms with E-state index in [1.807, 2.05) is 6.07 Å². The predicted molar refractivity (Wildman–Crippen MR) is 117 cm³/mol. The maximum absolute atomic E-state index is 13.0. The lowest BCUT2D eigenvalue weighted by Gasteiger charge is -2.47. The molecule has 2 unspecified atom stereocenters. The topological polar surface area (TPSA) is 111 Å². The van der Waals surface area contributed by atoms with E-state index in [1.165, 1.54) is 19.3 Å². The smallest absolute Gasteiger partial charge is 0.290 e. The molecule has 0 aliphatic carbocycles. The summed E-state index contributed by atoms with van der Waals surface area (Å²) in [6, 6.07) is 7.63. The van der Waals surface area contributed by atoms with Crippen molar-refractivity contribution < 1.29 is 19.4 Å². The van der Waals surface area contributed by atoms with Crippen molar-refractivity contribution >= 4 is 29.0 Å². The molecule has 2 atom stereocenters. The average Bonchev–Trinajstić information content (AvgIpc) is 3.19. The first-order valence-corrected chi connectivity index (χ1v) is 11.0. The Morgan fingerprint density at radius 3 is 2.61 bits per heavy atom. The van der Waals surface area contributed by atoms with Gasteiger partial charge in [-0.15, -0.1) is 0 Å². The number of benzene rings is 1. The number of carbonyl (C=O) groups is 2. The van der Waals surface area contributed by atoms with Gasteiger partial charge in [0.25, 0.3) is 12.4 Å². The van der Waals surface area contributed by atoms with Gasteiger partial charge in [-0.05, 0) is 50.9 Å². The van der Waals surface area contributed by atoms with Crippen LogP contribution in [0.2, 0.25) is 0 Å². The number of rotatable bonds is 3. The van der Waals surface area contributed by atoms with E-state index in [9.17, 15) is 4.79 Å². The number of H-pyrrole nitrogens is 1. The molecule has 3 N–H and O–H groups in total. The van der Waals surface area contributed by atoms with E-state index in [2.05, 4.69) is 44.5 Å². The zero-order valence-corrected chi connectivity index (χ0v) is 17.9. The fourth-order valence-electron chi connectivity index (χ4n) is 5.18. The summed E-state index contributed by atoms with van der Waals surface area (Å²) in [7, 11) is 2.24. The summed E-state index contributed by atoms with van der Waals surface area (Å²) in [6.45, 7) is 3.00. The molecule has 2 bridgehead atoms. The molecule has 3 aliphatic rings. The van der Waals surface area contributed by atoms with E-state index >= 15 is 0 Å². The van der Waals surface area contributed by atoms with Gasteiger partial charge in [0, 0.05) is 42.3 Å². The molecule has 168 valence electrons. The molecule has 3 saturated heterocycles. The molecule has 2 aromatic rings. The molecule has 1 amide bonds. The molecule has 31 heavy (non-hydrogen) atoms. The number of anilines is 1. The second-order valence-electron chi connectivity index (χ2n) is 8.55. The Hall–Kier alpha value is -2.65. The highest BCUT2D eigenvalue weighted by atomic mass is 16.5. The number of aromatic nitrogens is 2. The van der Waals surface area contributed by atoms with Gasteiger partial charge >= 0.3 is 0 Å². The van der Waals surface area contributed by atoms with Crippen LogP contribution in [0.3, 0.4) is 0 Å². The number of hydrogen-bond donors (Lipinski definition) is 3. The number of carbonyl (C=O) groups excluding carboxylic acids is 1. The summed E-state index contributed by atoms with van der Waals surface area (Å²) in [5.74, 6) is -0.0574. The van der Waals surface area contributed by atoms with Crippen LogP contribution in [0.25, 0.3) is 10.9 Å². The number of amides is 1. The molecule has 3 fully saturated rings. The Morgan fingerprint density at radius 1 is 1.26 bits per heavy atom. The SMILES string of the molecule is CN1C2CCCC1CC(NC(=O)c1n[nH]c3ccc(N4CCOCC4)cc13)C2.O=CO. The van der Waals surface area contributed by atoms with Crippen LogP contribution < -0.4 is 10.2 Å². The molecule has 9 nitrogen and oxygen atoms in total. The Morgan fingerprint density at radius 2 is 1.94 bits per heavy atom. The quantitative estimate of drug-likeness (QED) is 0.639. The minimum Gasteiger partial charge on any atom is -0.483 e. The van der Waals surface area contributed by atoms with Gasteiger partial charge in [0.15, 0.2) is 5.69 Å². The molecule has 0 radical (unpaired) electrons. The number of piperidine rings is 2. The standard InChI is InChI=1S/C21H29N5O2.CH2O2/c1-25-15-3-2-4-16(25)12-14(11-15)22-21(27)20-18-13-17(5-6-19(18)23-24-20)26-7-9-28-10-8-26;2-1-3/h5-6,13-16H,2-4,7-12H2,1H3,(H,22,27)(H,23,24);1H,(H,2,3). The molecule has 5 rings (SSSR count). The lowest BCUT2D eigenvalue weighted by atomic mass is 9.82. The van der Waals surface area contributed by atoms with Crippen molar-refractivity contribution in [3.05, 3.63) is 23.9 Å². The maximum Gasteiger partial charge on any atom is 0.290 e. The fourth-order valence-corrected chi connectivity index (χ4v) is 5.18. The molecule has 0 saturated carbocycles. The van der Waals surface area contributed by atoms with Crippen molar-refractivity contribution in [3.8, 4) is 0 Å². The lowest BCUT2D eigenvalue weighted by Crippen LogP contribution is -2.55. The van der Waals surface area contributed by atoms with Gasteiger partial charge in [-0.1, -0.05) is 6.42 Å². The first-order valence-electron chi connectivity index (χ1n) is 11.0. The van der Waals surface area contributed by atoms with E-state index in [4.69, 9.17) is 14.6 Å². The van der Waals surface area contributed by atoms with Gasteiger partial charge in [-0.2, -0.15) is 5.10 Å². The lowest BCUT2D eigenvalue weighted by molar-refractivity contribution is -0.122. The first-order chi connectivity index (χ1) is 15.1. The van der Waals surface area contributed by atoms with E-state index in [1.54, 1.807) is 0 Å². The normalized spacial score (nSPS) is 26.1. The molecule has 9 heteroatoms. The van der Waals surface area contributed by atoms with E-state index in [0.717, 1.165) is 55.7 Å². The minimum atomic E-state index is -0.250. The summed E-state index contributed by atoms with van der Waals surface area (Å²) >= 11 is 0. The van der Waals surface area contributed by atoms with Crippen molar-refractivity contribution in [1.82, 2.24) is 20.4 Å². The number of carboxylic acid groups (broad SMARTS) is 1. The summed E-state index contributed by atoms with van der Waals surface area (Å²) in [5, 5.41) is 18.4. The fraction of sp³-hybridized carbons (Fsp3) is 0.591. The van der Waals surface area contributed by atoms with Crippen molar-refractivity contribution in [2.45, 2.75) is 50.2 Å². The van der Waals surface area contributed by atoms with Gasteiger partial charge in [0.2, 0.25) is 0 Å². The molecule has 4 heterocycles. The second kappa shape index (κ2) is 9.65. The van der Waals surface area contributed by atoms with E-state index < -0.39 is 0 Å². The molecular weight excluding hydrogens is 398 g/mol. The number of morpholine rings is 1. The van der Waals surface area contributed by atoms with Crippen LogP contribution in [-0.4, -0.2) is 84.1 Å². The van der Waals surface area contributed by atoms with Crippen LogP contribution in [0, 0.1) is 0 Å². The van der Waals surface area contributed by atoms with E-state index in [0.29, 0.717) is 17.8 Å².